The van der Waals surface area contributed by atoms with Crippen molar-refractivity contribution in [3.05, 3.63) is 59.7 Å². The fraction of sp³-hybridized carbons (Fsp3) is 0.235. The molecule has 0 radical (unpaired) electrons. The molecule has 0 aromatic heterocycles. The number of carbonyl (C=O) groups excluding carboxylic acids is 1. The van der Waals surface area contributed by atoms with Gasteiger partial charge in [0.1, 0.15) is 5.75 Å². The van der Waals surface area contributed by atoms with Gasteiger partial charge in [0, 0.05) is 13.5 Å². The van der Waals surface area contributed by atoms with E-state index < -0.39 is 10.1 Å². The van der Waals surface area contributed by atoms with Crippen molar-refractivity contribution in [2.24, 2.45) is 0 Å². The minimum absolute atomic E-state index is 0.0938. The molecule has 0 unspecified atom stereocenters. The van der Waals surface area contributed by atoms with E-state index in [1.165, 1.54) is 20.1 Å². The summed E-state index contributed by atoms with van der Waals surface area (Å²) in [6.07, 6.45) is 0. The van der Waals surface area contributed by atoms with Gasteiger partial charge in [0.25, 0.3) is 0 Å². The lowest BCUT2D eigenvalue weighted by Gasteiger charge is -2.12. The summed E-state index contributed by atoms with van der Waals surface area (Å²) in [5, 5.41) is 2.64. The van der Waals surface area contributed by atoms with Crippen LogP contribution in [-0.2, 0) is 27.2 Å². The summed E-state index contributed by atoms with van der Waals surface area (Å²) >= 11 is 0. The SMILES string of the molecule is COc1ccc(CNC(C)=O)cc1OS(=O)(=O)Cc1ccccc1. The quantitative estimate of drug-likeness (QED) is 0.775. The van der Waals surface area contributed by atoms with Gasteiger partial charge in [-0.15, -0.1) is 0 Å². The van der Waals surface area contributed by atoms with Gasteiger partial charge in [-0.3, -0.25) is 4.79 Å². The van der Waals surface area contributed by atoms with Crippen molar-refractivity contribution >= 4 is 16.0 Å². The van der Waals surface area contributed by atoms with E-state index in [0.29, 0.717) is 16.9 Å². The van der Waals surface area contributed by atoms with Crippen LogP contribution in [0.5, 0.6) is 11.5 Å². The molecule has 6 nitrogen and oxygen atoms in total. The summed E-state index contributed by atoms with van der Waals surface area (Å²) in [5.74, 6) is -0.0214. The second-order valence-corrected chi connectivity index (χ2v) is 6.74. The van der Waals surface area contributed by atoms with E-state index in [1.54, 1.807) is 36.4 Å². The van der Waals surface area contributed by atoms with E-state index >= 15 is 0 Å². The predicted molar refractivity (Wildman–Crippen MR) is 90.2 cm³/mol. The van der Waals surface area contributed by atoms with Crippen molar-refractivity contribution in [2.75, 3.05) is 7.11 Å². The van der Waals surface area contributed by atoms with Gasteiger partial charge in [0.05, 0.1) is 7.11 Å². The molecule has 0 saturated carbocycles. The van der Waals surface area contributed by atoms with Crippen LogP contribution >= 0.6 is 0 Å². The zero-order valence-electron chi connectivity index (χ0n) is 13.5. The summed E-state index contributed by atoms with van der Waals surface area (Å²) in [6.45, 7) is 1.68. The number of benzene rings is 2. The number of ether oxygens (including phenoxy) is 1. The molecule has 2 aromatic rings. The van der Waals surface area contributed by atoms with Gasteiger partial charge in [-0.05, 0) is 23.3 Å². The Labute approximate surface area is 141 Å². The van der Waals surface area contributed by atoms with Crippen molar-refractivity contribution in [3.8, 4) is 11.5 Å². The van der Waals surface area contributed by atoms with Crippen molar-refractivity contribution in [1.29, 1.82) is 0 Å². The maximum Gasteiger partial charge on any atom is 0.313 e. The topological polar surface area (TPSA) is 81.7 Å². The lowest BCUT2D eigenvalue weighted by atomic mass is 10.2. The van der Waals surface area contributed by atoms with Gasteiger partial charge in [-0.25, -0.2) is 0 Å². The molecule has 0 bridgehead atoms. The number of hydrogen-bond acceptors (Lipinski definition) is 5. The number of amides is 1. The highest BCUT2D eigenvalue weighted by Gasteiger charge is 2.17. The normalized spacial score (nSPS) is 10.9. The summed E-state index contributed by atoms with van der Waals surface area (Å²) in [6, 6.07) is 13.6. The van der Waals surface area contributed by atoms with Gasteiger partial charge >= 0.3 is 10.1 Å². The fourth-order valence-corrected chi connectivity index (χ4v) is 3.13. The van der Waals surface area contributed by atoms with Crippen LogP contribution in [0, 0.1) is 0 Å². The van der Waals surface area contributed by atoms with E-state index in [0.717, 1.165) is 0 Å². The van der Waals surface area contributed by atoms with Gasteiger partial charge in [-0.2, -0.15) is 8.42 Å². The Morgan fingerprint density at radius 2 is 1.75 bits per heavy atom. The van der Waals surface area contributed by atoms with Crippen LogP contribution in [0.4, 0.5) is 0 Å². The third-order valence-corrected chi connectivity index (χ3v) is 4.29. The first kappa shape index (κ1) is 17.8. The van der Waals surface area contributed by atoms with Crippen molar-refractivity contribution in [1.82, 2.24) is 5.32 Å². The molecule has 2 aromatic carbocycles. The zero-order valence-corrected chi connectivity index (χ0v) is 14.3. The first-order chi connectivity index (χ1) is 11.4. The Hall–Kier alpha value is -2.54. The molecule has 0 spiro atoms. The van der Waals surface area contributed by atoms with Crippen molar-refractivity contribution in [3.63, 3.8) is 0 Å². The number of methoxy groups -OCH3 is 1. The van der Waals surface area contributed by atoms with E-state index in [2.05, 4.69) is 5.32 Å². The summed E-state index contributed by atoms with van der Waals surface area (Å²) in [7, 11) is -2.41. The van der Waals surface area contributed by atoms with Crippen LogP contribution in [0.1, 0.15) is 18.1 Å². The third-order valence-electron chi connectivity index (χ3n) is 3.17. The van der Waals surface area contributed by atoms with Gasteiger partial charge in [-0.1, -0.05) is 36.4 Å². The molecular formula is C17H19NO5S. The van der Waals surface area contributed by atoms with Crippen LogP contribution < -0.4 is 14.2 Å². The van der Waals surface area contributed by atoms with E-state index in [9.17, 15) is 13.2 Å². The van der Waals surface area contributed by atoms with Crippen molar-refractivity contribution < 1.29 is 22.1 Å². The maximum absolute atomic E-state index is 12.3. The fourth-order valence-electron chi connectivity index (χ4n) is 2.07. The molecule has 24 heavy (non-hydrogen) atoms. The molecule has 0 fully saturated rings. The van der Waals surface area contributed by atoms with Gasteiger partial charge in [0.2, 0.25) is 5.91 Å². The number of hydrogen-bond donors (Lipinski definition) is 1. The van der Waals surface area contributed by atoms with E-state index in [-0.39, 0.29) is 24.0 Å². The molecular weight excluding hydrogens is 330 g/mol. The molecule has 1 amide bonds. The zero-order chi connectivity index (χ0) is 17.6. The Morgan fingerprint density at radius 3 is 2.38 bits per heavy atom. The van der Waals surface area contributed by atoms with Crippen LogP contribution in [0.25, 0.3) is 0 Å². The maximum atomic E-state index is 12.3. The van der Waals surface area contributed by atoms with Gasteiger partial charge < -0.3 is 14.2 Å². The lowest BCUT2D eigenvalue weighted by molar-refractivity contribution is -0.119. The Balaban J connectivity index is 2.19. The molecule has 0 aliphatic heterocycles. The van der Waals surface area contributed by atoms with Gasteiger partial charge in [0.15, 0.2) is 11.5 Å². The second-order valence-electron chi connectivity index (χ2n) is 5.17. The van der Waals surface area contributed by atoms with Crippen LogP contribution in [-0.4, -0.2) is 21.4 Å². The molecule has 0 atom stereocenters. The molecule has 0 saturated heterocycles. The summed E-state index contributed by atoms with van der Waals surface area (Å²) < 4.78 is 34.9. The molecule has 2 rings (SSSR count). The first-order valence-electron chi connectivity index (χ1n) is 7.27. The Morgan fingerprint density at radius 1 is 1.04 bits per heavy atom. The Bertz CT molecular complexity index is 803. The molecule has 1 N–H and O–H groups in total. The summed E-state index contributed by atoms with van der Waals surface area (Å²) in [4.78, 5) is 11.0. The van der Waals surface area contributed by atoms with Crippen molar-refractivity contribution in [2.45, 2.75) is 19.2 Å². The highest BCUT2D eigenvalue weighted by Crippen LogP contribution is 2.30. The molecule has 128 valence electrons. The predicted octanol–water partition coefficient (Wildman–Crippen LogP) is 2.24. The monoisotopic (exact) mass is 349 g/mol. The minimum atomic E-state index is -3.84. The highest BCUT2D eigenvalue weighted by molar-refractivity contribution is 7.86. The minimum Gasteiger partial charge on any atom is -0.493 e. The molecule has 7 heteroatoms. The summed E-state index contributed by atoms with van der Waals surface area (Å²) in [5.41, 5.74) is 1.33. The third kappa shape index (κ3) is 5.27. The van der Waals surface area contributed by atoms with E-state index in [1.807, 2.05) is 6.07 Å². The van der Waals surface area contributed by atoms with Crippen LogP contribution in [0.2, 0.25) is 0 Å². The average Bonchev–Trinajstić information content (AvgIpc) is 2.53. The van der Waals surface area contributed by atoms with Crippen LogP contribution in [0.3, 0.4) is 0 Å². The van der Waals surface area contributed by atoms with Crippen LogP contribution in [0.15, 0.2) is 48.5 Å². The largest absolute Gasteiger partial charge is 0.493 e. The highest BCUT2D eigenvalue weighted by atomic mass is 32.2. The Kier molecular flexibility index (Phi) is 5.81. The second kappa shape index (κ2) is 7.83. The number of nitrogens with one attached hydrogen (secondary N) is 1. The standard InChI is InChI=1S/C17H19NO5S/c1-13(19)18-11-15-8-9-16(22-2)17(10-15)23-24(20,21)12-14-6-4-3-5-7-14/h3-10H,11-12H2,1-2H3,(H,18,19). The molecule has 0 aliphatic carbocycles. The lowest BCUT2D eigenvalue weighted by Crippen LogP contribution is -2.19. The first-order valence-corrected chi connectivity index (χ1v) is 8.85. The average molecular weight is 349 g/mol. The molecule has 0 heterocycles. The number of carbonyl (C=O) groups is 1. The molecule has 0 aliphatic rings. The smallest absolute Gasteiger partial charge is 0.313 e. The van der Waals surface area contributed by atoms with E-state index in [4.69, 9.17) is 8.92 Å². The number of rotatable bonds is 7.